The molecule has 0 aliphatic carbocycles. The zero-order valence-corrected chi connectivity index (χ0v) is 76.3. The van der Waals surface area contributed by atoms with E-state index in [9.17, 15) is 92.9 Å². The van der Waals surface area contributed by atoms with Crippen LogP contribution in [0.5, 0.6) is 0 Å². The number of ether oxygens (including phenoxy) is 2. The Kier molecular flexibility index (Phi) is 83.4. The normalized spacial score (nSPS) is 13.0. The van der Waals surface area contributed by atoms with Gasteiger partial charge in [-0.1, -0.05) is 252 Å². The SMILES string of the molecule is CCCCCCCCCCCCCCCC(=O)N[C@@H](CSCC(COC(=O)CCCCCCCCCCCCCCC)OC(=O)CCCCCCCCCCCCCCC)C(=O)N[C@@H](CO)C(=O)N[C@@H](CCCCN)C(=O)N[C@@H](CCCCN)C(=O)N[C@@H](CCCCN)C(=O)N[C@@H](CCCCN)C(=O)O.O=C(O)C(F)(F)F.O=C(O)C(F)(F)F.O=C(O)C(F)(F)F. The molecule has 0 aliphatic rings. The highest BCUT2D eigenvalue weighted by Crippen LogP contribution is 2.21. The highest BCUT2D eigenvalue weighted by Gasteiger charge is 2.40. The number of aliphatic hydroxyl groups excluding tert-OH is 1. The average molecular weight is 1850 g/mol. The monoisotopic (exact) mass is 1850 g/mol. The quantitative estimate of drug-likeness (QED) is 0.0153. The predicted octanol–water partition coefficient (Wildman–Crippen LogP) is 15.0. The number of carbonyl (C=O) groups excluding carboxylic acids is 8. The van der Waals surface area contributed by atoms with Gasteiger partial charge in [-0.05, 0) is 122 Å². The lowest BCUT2D eigenvalue weighted by atomic mass is 10.0. The van der Waals surface area contributed by atoms with Crippen LogP contribution in [0.2, 0.25) is 0 Å². The number of nitrogens with two attached hydrogens (primary N) is 4. The third-order valence-electron chi connectivity index (χ3n) is 20.3. The third-order valence-corrected chi connectivity index (χ3v) is 21.5. The lowest BCUT2D eigenvalue weighted by Crippen LogP contribution is -2.60. The molecule has 0 saturated carbocycles. The molecule has 126 heavy (non-hydrogen) atoms. The smallest absolute Gasteiger partial charge is 0.480 e. The number of esters is 2. The molecule has 0 fully saturated rings. The molecule has 0 saturated heterocycles. The molecule has 6 amide bonds. The largest absolute Gasteiger partial charge is 0.490 e. The summed E-state index contributed by atoms with van der Waals surface area (Å²) < 4.78 is 107. The fourth-order valence-corrected chi connectivity index (χ4v) is 13.9. The molecule has 0 rings (SSSR count). The van der Waals surface area contributed by atoms with Gasteiger partial charge in [0, 0.05) is 30.8 Å². The minimum atomic E-state index is -5.08. The van der Waals surface area contributed by atoms with Gasteiger partial charge in [-0.25, -0.2) is 19.2 Å². The van der Waals surface area contributed by atoms with Gasteiger partial charge < -0.3 is 89.8 Å². The van der Waals surface area contributed by atoms with Crippen LogP contribution in [0.4, 0.5) is 39.5 Å². The number of aliphatic carboxylic acids is 4. The Bertz CT molecular complexity index is 2780. The van der Waals surface area contributed by atoms with Crippen molar-refractivity contribution < 1.29 is 132 Å². The molecule has 0 bridgehead atoms. The van der Waals surface area contributed by atoms with Crippen molar-refractivity contribution in [3.8, 4) is 0 Å². The van der Waals surface area contributed by atoms with E-state index in [0.29, 0.717) is 83.7 Å². The second-order valence-corrected chi connectivity index (χ2v) is 32.9. The molecule has 7 atom stereocenters. The molecular formula is C87H159F9N10O19S. The number of nitrogens with one attached hydrogen (secondary N) is 6. The van der Waals surface area contributed by atoms with Crippen LogP contribution in [0.3, 0.4) is 0 Å². The van der Waals surface area contributed by atoms with Gasteiger partial charge in [-0.15, -0.1) is 0 Å². The topological polar surface area (TPSA) is 501 Å². The number of unbranched alkanes of at least 4 members (excludes halogenated alkanes) is 40. The molecule has 19 N–H and O–H groups in total. The minimum Gasteiger partial charge on any atom is -0.480 e. The number of rotatable bonds is 78. The molecule has 0 aliphatic heterocycles. The molecule has 0 heterocycles. The van der Waals surface area contributed by atoms with E-state index < -0.39 is 133 Å². The number of amides is 6. The van der Waals surface area contributed by atoms with Crippen molar-refractivity contribution in [3.63, 3.8) is 0 Å². The van der Waals surface area contributed by atoms with E-state index in [1.54, 1.807) is 0 Å². The molecule has 29 nitrogen and oxygen atoms in total. The summed E-state index contributed by atoms with van der Waals surface area (Å²) in [6, 6.07) is -7.86. The van der Waals surface area contributed by atoms with E-state index in [4.69, 9.17) is 62.1 Å². The number of thioether (sulfide) groups is 1. The van der Waals surface area contributed by atoms with Crippen LogP contribution < -0.4 is 54.8 Å². The molecule has 39 heteroatoms. The molecule has 0 aromatic rings. The first-order valence-electron chi connectivity index (χ1n) is 46.2. The van der Waals surface area contributed by atoms with Gasteiger partial charge in [-0.3, -0.25) is 38.4 Å². The van der Waals surface area contributed by atoms with Gasteiger partial charge in [0.1, 0.15) is 49.0 Å². The first kappa shape index (κ1) is 125. The summed E-state index contributed by atoms with van der Waals surface area (Å²) in [4.78, 5) is 151. The third kappa shape index (κ3) is 79.3. The van der Waals surface area contributed by atoms with Gasteiger partial charge in [0.05, 0.1) is 6.61 Å². The summed E-state index contributed by atoms with van der Waals surface area (Å²) in [5.41, 5.74) is 23.1. The number of hydrogen-bond acceptors (Lipinski definition) is 20. The first-order chi connectivity index (χ1) is 59.9. The van der Waals surface area contributed by atoms with E-state index >= 15 is 0 Å². The van der Waals surface area contributed by atoms with Crippen LogP contribution in [0.25, 0.3) is 0 Å². The van der Waals surface area contributed by atoms with Crippen LogP contribution in [0.1, 0.15) is 367 Å². The Morgan fingerprint density at radius 3 is 0.810 bits per heavy atom. The Morgan fingerprint density at radius 1 is 0.302 bits per heavy atom. The second-order valence-electron chi connectivity index (χ2n) is 31.8. The van der Waals surface area contributed by atoms with Crippen molar-refractivity contribution in [2.24, 2.45) is 22.9 Å². The van der Waals surface area contributed by atoms with Crippen molar-refractivity contribution in [1.82, 2.24) is 31.9 Å². The summed E-state index contributed by atoms with van der Waals surface area (Å²) >= 11 is 1.20. The standard InChI is InChI=1S/C81H156N10O13S.3C2HF3O2/c1-4-7-10-13-16-19-22-25-28-31-34-37-40-55-73(93)86-72(65-105-64-66(104-75(95)57-42-39-36-33-30-27-24-21-18-15-12-9-6-3)63-103-74(94)56-41-38-35-32-29-26-23-20-17-14-11-8-5-2)80(100)91-71(62-92)79(99)89-68(52-44-48-59-83)77(97)87-67(51-43-47-58-82)76(96)88-69(53-45-49-60-84)78(98)90-70(81(101)102)54-46-50-61-85;3*3-2(4,5)1(6)7/h66-72,92H,4-65,82-85H2,1-3H3,(H,86,93)(H,87,97)(H,88,96)(H,89,99)(H,90,98)(H,91,100)(H,101,102);3*(H,6,7)/t66?,67-,68-,69-,70-,71-,72-;;;/m0.../s1. The summed E-state index contributed by atoms with van der Waals surface area (Å²) in [7, 11) is 0. The van der Waals surface area contributed by atoms with Gasteiger partial charge in [-0.2, -0.15) is 51.3 Å². The molecule has 0 aromatic carbocycles. The van der Waals surface area contributed by atoms with Gasteiger partial charge in [0.2, 0.25) is 35.4 Å². The van der Waals surface area contributed by atoms with Crippen molar-refractivity contribution in [2.45, 2.75) is 428 Å². The number of halogens is 9. The van der Waals surface area contributed by atoms with Crippen molar-refractivity contribution in [2.75, 3.05) is 50.9 Å². The maximum absolute atomic E-state index is 14.5. The van der Waals surface area contributed by atoms with Gasteiger partial charge in [0.15, 0.2) is 0 Å². The molecule has 0 radical (unpaired) electrons. The second kappa shape index (κ2) is 83.8. The van der Waals surface area contributed by atoms with Gasteiger partial charge >= 0.3 is 54.3 Å². The first-order valence-corrected chi connectivity index (χ1v) is 47.3. The molecule has 0 aromatic heterocycles. The van der Waals surface area contributed by atoms with E-state index in [2.05, 4.69) is 52.7 Å². The Hall–Kier alpha value is -6.84. The molecular weight excluding hydrogens is 1690 g/mol. The number of carboxylic acids is 4. The lowest BCUT2D eigenvalue weighted by Gasteiger charge is -2.27. The summed E-state index contributed by atoms with van der Waals surface area (Å²) in [6.45, 7) is 6.81. The molecule has 740 valence electrons. The lowest BCUT2D eigenvalue weighted by molar-refractivity contribution is -0.193. The zero-order chi connectivity index (χ0) is 95.7. The summed E-state index contributed by atoms with van der Waals surface area (Å²) in [6.07, 6.45) is 33.4. The van der Waals surface area contributed by atoms with E-state index in [1.165, 1.54) is 179 Å². The van der Waals surface area contributed by atoms with Crippen molar-refractivity contribution >= 4 is 83.0 Å². The number of carbonyl (C=O) groups is 12. The fraction of sp³-hybridized carbons (Fsp3) is 0.862. The Labute approximate surface area is 746 Å². The van der Waals surface area contributed by atoms with Crippen LogP contribution in [-0.4, -0.2) is 209 Å². The van der Waals surface area contributed by atoms with E-state index in [0.717, 1.165) is 64.2 Å². The maximum atomic E-state index is 14.5. The predicted molar refractivity (Wildman–Crippen MR) is 468 cm³/mol. The number of hydrogen-bond donors (Lipinski definition) is 15. The summed E-state index contributed by atoms with van der Waals surface area (Å²) in [5, 5.41) is 58.3. The maximum Gasteiger partial charge on any atom is 0.490 e. The van der Waals surface area contributed by atoms with Crippen molar-refractivity contribution in [1.29, 1.82) is 0 Å². The van der Waals surface area contributed by atoms with Crippen LogP contribution >= 0.6 is 11.8 Å². The highest BCUT2D eigenvalue weighted by molar-refractivity contribution is 7.99. The number of aliphatic hydroxyl groups is 1. The number of alkyl halides is 9. The number of carboxylic acid groups (broad SMARTS) is 4. The molecule has 0 spiro atoms. The van der Waals surface area contributed by atoms with Gasteiger partial charge in [0.25, 0.3) is 0 Å². The van der Waals surface area contributed by atoms with Crippen LogP contribution in [-0.2, 0) is 67.0 Å². The van der Waals surface area contributed by atoms with E-state index in [1.807, 2.05) is 0 Å². The van der Waals surface area contributed by atoms with E-state index in [-0.39, 0.29) is 82.1 Å². The van der Waals surface area contributed by atoms with Crippen molar-refractivity contribution in [3.05, 3.63) is 0 Å². The Morgan fingerprint density at radius 2 is 0.540 bits per heavy atom. The van der Waals surface area contributed by atoms with Crippen LogP contribution in [0, 0.1) is 0 Å². The fourth-order valence-electron chi connectivity index (χ4n) is 12.9. The summed E-state index contributed by atoms with van der Waals surface area (Å²) in [5.74, 6) is -14.6. The molecule has 1 unspecified atom stereocenters. The zero-order valence-electron chi connectivity index (χ0n) is 75.5. The minimum absolute atomic E-state index is 0.0390. The average Bonchev–Trinajstić information content (AvgIpc) is 0.858. The highest BCUT2D eigenvalue weighted by atomic mass is 32.2. The Balaban J connectivity index is -0.00000311. The van der Waals surface area contributed by atoms with Crippen LogP contribution in [0.15, 0.2) is 0 Å².